The van der Waals surface area contributed by atoms with Crippen LogP contribution in [0.25, 0.3) is 0 Å². The third-order valence-corrected chi connectivity index (χ3v) is 17.4. The Balaban J connectivity index is 3.33. The Morgan fingerprint density at radius 2 is 0.610 bits per heavy atom. The van der Waals surface area contributed by atoms with E-state index in [0.29, 0.717) is 19.4 Å². The number of nitrogens with one attached hydrogen (secondary N) is 1. The Labute approximate surface area is 513 Å². The van der Waals surface area contributed by atoms with Crippen LogP contribution in [0.4, 0.5) is 0 Å². The number of unbranched alkanes of at least 4 members (excludes halogenated alkanes) is 55. The van der Waals surface area contributed by atoms with Crippen molar-refractivity contribution >= 4 is 11.9 Å². The zero-order valence-electron chi connectivity index (χ0n) is 55.5. The van der Waals surface area contributed by atoms with Crippen molar-refractivity contribution in [3.05, 3.63) is 36.5 Å². The maximum atomic E-state index is 12.5. The van der Waals surface area contributed by atoms with E-state index in [2.05, 4.69) is 43.5 Å². The van der Waals surface area contributed by atoms with E-state index in [1.54, 1.807) is 6.08 Å². The van der Waals surface area contributed by atoms with Crippen molar-refractivity contribution in [1.82, 2.24) is 5.32 Å². The van der Waals surface area contributed by atoms with Crippen molar-refractivity contribution in [3.8, 4) is 0 Å². The lowest BCUT2D eigenvalue weighted by Gasteiger charge is -2.20. The Morgan fingerprint density at radius 1 is 0.341 bits per heavy atom. The fraction of sp³-hybridized carbons (Fsp3) is 0.895. The normalized spacial score (nSPS) is 12.7. The molecular formula is C76H145NO5. The third-order valence-electron chi connectivity index (χ3n) is 17.4. The van der Waals surface area contributed by atoms with Gasteiger partial charge in [0, 0.05) is 12.8 Å². The average molecular weight is 1150 g/mol. The summed E-state index contributed by atoms with van der Waals surface area (Å²) in [6.45, 7) is 4.91. The lowest BCUT2D eigenvalue weighted by Crippen LogP contribution is -2.45. The van der Waals surface area contributed by atoms with Gasteiger partial charge in [-0.3, -0.25) is 9.59 Å². The maximum absolute atomic E-state index is 12.5. The van der Waals surface area contributed by atoms with Gasteiger partial charge in [0.05, 0.1) is 25.4 Å². The van der Waals surface area contributed by atoms with Crippen LogP contribution in [-0.4, -0.2) is 47.4 Å². The van der Waals surface area contributed by atoms with Crippen LogP contribution in [0.1, 0.15) is 412 Å². The molecule has 0 rings (SSSR count). The summed E-state index contributed by atoms with van der Waals surface area (Å²) in [5.74, 6) is -0.0470. The molecule has 3 N–H and O–H groups in total. The molecule has 0 aliphatic heterocycles. The van der Waals surface area contributed by atoms with Crippen molar-refractivity contribution in [1.29, 1.82) is 0 Å². The maximum Gasteiger partial charge on any atom is 0.305 e. The number of allylic oxidation sites excluding steroid dienone is 5. The van der Waals surface area contributed by atoms with Gasteiger partial charge in [-0.2, -0.15) is 0 Å². The summed E-state index contributed by atoms with van der Waals surface area (Å²) >= 11 is 0. The molecule has 0 aromatic rings. The fourth-order valence-electron chi connectivity index (χ4n) is 11.7. The third kappa shape index (κ3) is 67.2. The molecule has 2 unspecified atom stereocenters. The van der Waals surface area contributed by atoms with E-state index in [0.717, 1.165) is 51.4 Å². The summed E-state index contributed by atoms with van der Waals surface area (Å²) < 4.78 is 5.50. The van der Waals surface area contributed by atoms with E-state index in [1.807, 2.05) is 6.08 Å². The molecule has 0 aliphatic carbocycles. The SMILES string of the molecule is CCCCC/C=C\C/C=C\CCCCCCCCCC(=O)OCCCCCCCCCCCCCCCCCCCCCCCCCCCCCCCCCCC(=O)NC(CO)C(O)/C=C/CCCCCCCCCCCCCCCC. The Bertz CT molecular complexity index is 1330. The highest BCUT2D eigenvalue weighted by atomic mass is 16.5. The first kappa shape index (κ1) is 80.1. The smallest absolute Gasteiger partial charge is 0.305 e. The second kappa shape index (κ2) is 71.6. The van der Waals surface area contributed by atoms with Crippen LogP contribution in [0.2, 0.25) is 0 Å². The molecule has 484 valence electrons. The molecule has 2 atom stereocenters. The number of hydrogen-bond donors (Lipinski definition) is 3. The number of aliphatic hydroxyl groups excluding tert-OH is 2. The minimum Gasteiger partial charge on any atom is -0.466 e. The minimum atomic E-state index is -0.841. The van der Waals surface area contributed by atoms with E-state index < -0.39 is 12.1 Å². The van der Waals surface area contributed by atoms with Crippen molar-refractivity contribution in [2.45, 2.75) is 424 Å². The highest BCUT2D eigenvalue weighted by molar-refractivity contribution is 5.76. The van der Waals surface area contributed by atoms with Crippen molar-refractivity contribution in [3.63, 3.8) is 0 Å². The van der Waals surface area contributed by atoms with E-state index in [9.17, 15) is 19.8 Å². The number of rotatable bonds is 70. The fourth-order valence-corrected chi connectivity index (χ4v) is 11.7. The van der Waals surface area contributed by atoms with Gasteiger partial charge in [-0.25, -0.2) is 0 Å². The quantitative estimate of drug-likeness (QED) is 0.0320. The van der Waals surface area contributed by atoms with Crippen LogP contribution in [0.15, 0.2) is 36.5 Å². The minimum absolute atomic E-state index is 0.0136. The number of aliphatic hydroxyl groups is 2. The van der Waals surface area contributed by atoms with Crippen LogP contribution in [0.5, 0.6) is 0 Å². The van der Waals surface area contributed by atoms with Gasteiger partial charge in [-0.1, -0.05) is 371 Å². The second-order valence-corrected chi connectivity index (χ2v) is 25.6. The molecule has 1 amide bonds. The highest BCUT2D eigenvalue weighted by Gasteiger charge is 2.18. The molecular weight excluding hydrogens is 1010 g/mol. The number of carbonyl (C=O) groups excluding carboxylic acids is 2. The molecule has 0 aliphatic rings. The zero-order valence-corrected chi connectivity index (χ0v) is 55.5. The Morgan fingerprint density at radius 3 is 0.951 bits per heavy atom. The first-order valence-electron chi connectivity index (χ1n) is 37.3. The Hall–Kier alpha value is -1.92. The molecule has 0 heterocycles. The van der Waals surface area contributed by atoms with E-state index >= 15 is 0 Å². The molecule has 0 fully saturated rings. The summed E-state index contributed by atoms with van der Waals surface area (Å²) in [5, 5.41) is 23.2. The van der Waals surface area contributed by atoms with Crippen molar-refractivity contribution in [2.24, 2.45) is 0 Å². The van der Waals surface area contributed by atoms with E-state index in [4.69, 9.17) is 4.74 Å². The summed E-state index contributed by atoms with van der Waals surface area (Å²) in [6.07, 6.45) is 92.5. The predicted molar refractivity (Wildman–Crippen MR) is 361 cm³/mol. The van der Waals surface area contributed by atoms with Crippen LogP contribution >= 0.6 is 0 Å². The van der Waals surface area contributed by atoms with Gasteiger partial charge in [0.25, 0.3) is 0 Å². The van der Waals surface area contributed by atoms with Gasteiger partial charge in [0.15, 0.2) is 0 Å². The van der Waals surface area contributed by atoms with Gasteiger partial charge in [0.1, 0.15) is 0 Å². The summed E-state index contributed by atoms with van der Waals surface area (Å²) in [4.78, 5) is 24.6. The van der Waals surface area contributed by atoms with Crippen LogP contribution in [0.3, 0.4) is 0 Å². The standard InChI is InChI=1S/C76H145NO5/c1-3-5-7-9-11-13-15-17-19-37-42-46-50-54-58-62-66-70-76(81)82-71-67-63-59-55-51-47-43-39-36-34-32-30-28-26-24-22-21-23-25-27-29-31-33-35-38-41-45-49-53-57-61-65-69-75(80)77-73(72-78)74(79)68-64-60-56-52-48-44-40-20-18-16-14-12-10-8-6-4-2/h11,13,17,19,64,68,73-74,78-79H,3-10,12,14-16,18,20-63,65-67,69-72H2,1-2H3,(H,77,80)/b13-11-,19-17-,68-64+. The molecule has 6 heteroatoms. The largest absolute Gasteiger partial charge is 0.466 e. The van der Waals surface area contributed by atoms with Crippen LogP contribution < -0.4 is 5.32 Å². The van der Waals surface area contributed by atoms with E-state index in [-0.39, 0.29) is 18.5 Å². The molecule has 0 saturated carbocycles. The van der Waals surface area contributed by atoms with Gasteiger partial charge in [0.2, 0.25) is 5.91 Å². The van der Waals surface area contributed by atoms with Crippen LogP contribution in [0, 0.1) is 0 Å². The Kier molecular flexibility index (Phi) is 69.9. The van der Waals surface area contributed by atoms with Crippen LogP contribution in [-0.2, 0) is 14.3 Å². The molecule has 0 radical (unpaired) electrons. The molecule has 0 aromatic heterocycles. The van der Waals surface area contributed by atoms with Crippen molar-refractivity contribution < 1.29 is 24.5 Å². The number of esters is 1. The van der Waals surface area contributed by atoms with Gasteiger partial charge in [-0.05, 0) is 64.2 Å². The average Bonchev–Trinajstić information content (AvgIpc) is 3.48. The molecule has 0 aromatic carbocycles. The van der Waals surface area contributed by atoms with Gasteiger partial charge < -0.3 is 20.3 Å². The number of hydrogen-bond acceptors (Lipinski definition) is 5. The lowest BCUT2D eigenvalue weighted by molar-refractivity contribution is -0.143. The number of carbonyl (C=O) groups is 2. The zero-order chi connectivity index (χ0) is 59.2. The van der Waals surface area contributed by atoms with E-state index in [1.165, 1.54) is 334 Å². The lowest BCUT2D eigenvalue weighted by atomic mass is 10.0. The summed E-state index contributed by atoms with van der Waals surface area (Å²) in [6, 6.07) is -0.624. The molecule has 0 saturated heterocycles. The first-order valence-corrected chi connectivity index (χ1v) is 37.3. The molecule has 6 nitrogen and oxygen atoms in total. The van der Waals surface area contributed by atoms with Gasteiger partial charge in [-0.15, -0.1) is 0 Å². The molecule has 0 spiro atoms. The number of ether oxygens (including phenoxy) is 1. The first-order chi connectivity index (χ1) is 40.5. The summed E-state index contributed by atoms with van der Waals surface area (Å²) in [7, 11) is 0. The highest BCUT2D eigenvalue weighted by Crippen LogP contribution is 2.19. The number of amides is 1. The van der Waals surface area contributed by atoms with Gasteiger partial charge >= 0.3 is 5.97 Å². The monoisotopic (exact) mass is 1150 g/mol. The molecule has 0 bridgehead atoms. The van der Waals surface area contributed by atoms with Crippen molar-refractivity contribution in [2.75, 3.05) is 13.2 Å². The summed E-state index contributed by atoms with van der Waals surface area (Å²) in [5.41, 5.74) is 0. The topological polar surface area (TPSA) is 95.9 Å². The predicted octanol–water partition coefficient (Wildman–Crippen LogP) is 24.3. The molecule has 82 heavy (non-hydrogen) atoms. The second-order valence-electron chi connectivity index (χ2n) is 25.6.